The number of aryl methyl sites for hydroxylation is 2. The third kappa shape index (κ3) is 3.35. The molecule has 0 saturated carbocycles. The Morgan fingerprint density at radius 1 is 1.36 bits per heavy atom. The average Bonchev–Trinajstić information content (AvgIpc) is 3.26. The SMILES string of the molecule is CC(O)(CO)c1ncc(S(N)(=O)=NC(=O)Nc2c3c(cc4c2CC4)CCC3)s1. The number of carbonyl (C=O) groups excluding carboxylic acids is 1. The number of aliphatic hydroxyl groups excluding tert-OH is 1. The molecule has 150 valence electrons. The molecule has 0 fully saturated rings. The maximum Gasteiger partial charge on any atom is 0.354 e. The van der Waals surface area contributed by atoms with E-state index in [9.17, 15) is 19.2 Å². The molecule has 8 nitrogen and oxygen atoms in total. The summed E-state index contributed by atoms with van der Waals surface area (Å²) in [7, 11) is -3.52. The van der Waals surface area contributed by atoms with Gasteiger partial charge in [0.25, 0.3) is 0 Å². The standard InChI is InChI=1S/C18H22N4O4S2/c1-18(25,9-23)16-20-8-14(27-16)28(19,26)22-17(24)21-15-12-4-2-3-10(12)7-11-5-6-13(11)15/h7-8,23,25H,2-6,9H2,1H3,(H3,19,21,22,24,26). The van der Waals surface area contributed by atoms with Crippen molar-refractivity contribution >= 4 is 33.0 Å². The van der Waals surface area contributed by atoms with Gasteiger partial charge in [-0.3, -0.25) is 0 Å². The molecule has 0 spiro atoms. The number of amides is 2. The molecule has 2 amide bonds. The Bertz CT molecular complexity index is 1080. The van der Waals surface area contributed by atoms with E-state index < -0.39 is 28.2 Å². The lowest BCUT2D eigenvalue weighted by Crippen LogP contribution is -2.25. The summed E-state index contributed by atoms with van der Waals surface area (Å²) in [5.41, 5.74) is 4.02. The molecule has 10 heteroatoms. The maximum atomic E-state index is 12.8. The first-order valence-corrected chi connectivity index (χ1v) is 11.4. The topological polar surface area (TPSA) is 138 Å². The summed E-state index contributed by atoms with van der Waals surface area (Å²) in [5.74, 6) is 0. The number of nitrogens with one attached hydrogen (secondary N) is 1. The van der Waals surface area contributed by atoms with Crippen LogP contribution in [0.25, 0.3) is 0 Å². The van der Waals surface area contributed by atoms with E-state index in [0.717, 1.165) is 60.3 Å². The zero-order valence-electron chi connectivity index (χ0n) is 15.4. The third-order valence-corrected chi connectivity index (χ3v) is 8.37. The van der Waals surface area contributed by atoms with Gasteiger partial charge in [0.15, 0.2) is 9.92 Å². The van der Waals surface area contributed by atoms with Crippen molar-refractivity contribution in [3.63, 3.8) is 0 Å². The van der Waals surface area contributed by atoms with Gasteiger partial charge in [-0.25, -0.2) is 19.1 Å². The predicted molar refractivity (Wildman–Crippen MR) is 107 cm³/mol. The van der Waals surface area contributed by atoms with Gasteiger partial charge in [-0.15, -0.1) is 15.7 Å². The van der Waals surface area contributed by atoms with E-state index in [1.165, 1.54) is 24.2 Å². The summed E-state index contributed by atoms with van der Waals surface area (Å²) in [6.45, 7) is 0.832. The van der Waals surface area contributed by atoms with Crippen LogP contribution < -0.4 is 10.5 Å². The fourth-order valence-corrected chi connectivity index (χ4v) is 5.70. The fourth-order valence-electron chi connectivity index (χ4n) is 3.60. The molecule has 2 unspecified atom stereocenters. The van der Waals surface area contributed by atoms with Gasteiger partial charge in [0.05, 0.1) is 12.8 Å². The monoisotopic (exact) mass is 422 g/mol. The first kappa shape index (κ1) is 19.5. The Balaban J connectivity index is 1.62. The van der Waals surface area contributed by atoms with E-state index in [2.05, 4.69) is 20.7 Å². The number of benzene rings is 1. The lowest BCUT2D eigenvalue weighted by molar-refractivity contribution is -0.00244. The maximum absolute atomic E-state index is 12.8. The Hall–Kier alpha value is -1.85. The van der Waals surface area contributed by atoms with Gasteiger partial charge in [0.2, 0.25) is 0 Å². The molecule has 0 radical (unpaired) electrons. The van der Waals surface area contributed by atoms with E-state index in [1.807, 2.05) is 0 Å². The minimum Gasteiger partial charge on any atom is -0.393 e. The van der Waals surface area contributed by atoms with Crippen molar-refractivity contribution in [3.05, 3.63) is 39.5 Å². The molecule has 4 rings (SSSR count). The summed E-state index contributed by atoms with van der Waals surface area (Å²) in [4.78, 5) is 16.5. The van der Waals surface area contributed by atoms with Crippen molar-refractivity contribution in [2.75, 3.05) is 11.9 Å². The molecular weight excluding hydrogens is 400 g/mol. The second-order valence-electron chi connectivity index (χ2n) is 7.39. The molecule has 2 atom stereocenters. The van der Waals surface area contributed by atoms with Crippen molar-refractivity contribution in [2.45, 2.75) is 48.8 Å². The summed E-state index contributed by atoms with van der Waals surface area (Å²) < 4.78 is 16.6. The molecule has 0 bridgehead atoms. The number of anilines is 1. The molecule has 2 aliphatic rings. The van der Waals surface area contributed by atoms with E-state index >= 15 is 0 Å². The Labute approximate surface area is 167 Å². The highest BCUT2D eigenvalue weighted by atomic mass is 32.2. The van der Waals surface area contributed by atoms with Crippen molar-refractivity contribution in [1.82, 2.24) is 4.98 Å². The predicted octanol–water partition coefficient (Wildman–Crippen LogP) is 1.86. The van der Waals surface area contributed by atoms with Gasteiger partial charge >= 0.3 is 6.03 Å². The quantitative estimate of drug-likeness (QED) is 0.596. The molecule has 28 heavy (non-hydrogen) atoms. The van der Waals surface area contributed by atoms with Crippen LogP contribution in [-0.2, 0) is 41.2 Å². The highest BCUT2D eigenvalue weighted by Gasteiger charge is 2.29. The zero-order chi connectivity index (χ0) is 20.1. The largest absolute Gasteiger partial charge is 0.393 e. The lowest BCUT2D eigenvalue weighted by Gasteiger charge is -2.25. The molecule has 2 aromatic rings. The van der Waals surface area contributed by atoms with Crippen molar-refractivity contribution in [3.8, 4) is 0 Å². The number of aromatic nitrogens is 1. The average molecular weight is 423 g/mol. The van der Waals surface area contributed by atoms with Gasteiger partial charge in [-0.05, 0) is 61.3 Å². The summed E-state index contributed by atoms with van der Waals surface area (Å²) in [5, 5.41) is 28.1. The lowest BCUT2D eigenvalue weighted by atomic mass is 9.83. The molecular formula is C18H22N4O4S2. The van der Waals surface area contributed by atoms with Crippen LogP contribution >= 0.6 is 11.3 Å². The van der Waals surface area contributed by atoms with Gasteiger partial charge in [-0.2, -0.15) is 0 Å². The number of hydrogen-bond acceptors (Lipinski definition) is 6. The highest BCUT2D eigenvalue weighted by molar-refractivity contribution is 7.93. The number of urea groups is 1. The van der Waals surface area contributed by atoms with E-state index in [-0.39, 0.29) is 9.22 Å². The van der Waals surface area contributed by atoms with E-state index in [4.69, 9.17) is 5.14 Å². The zero-order valence-corrected chi connectivity index (χ0v) is 17.0. The van der Waals surface area contributed by atoms with Crippen LogP contribution in [0.1, 0.15) is 40.6 Å². The summed E-state index contributed by atoms with van der Waals surface area (Å²) in [6, 6.07) is 1.47. The number of hydrogen-bond donors (Lipinski definition) is 4. The summed E-state index contributed by atoms with van der Waals surface area (Å²) >= 11 is 0.861. The molecule has 0 aliphatic heterocycles. The Kier molecular flexibility index (Phi) is 4.79. The minimum atomic E-state index is -3.52. The molecule has 2 aliphatic carbocycles. The van der Waals surface area contributed by atoms with Crippen LogP contribution in [0.4, 0.5) is 10.5 Å². The Morgan fingerprint density at radius 3 is 2.75 bits per heavy atom. The van der Waals surface area contributed by atoms with Crippen molar-refractivity contribution in [1.29, 1.82) is 0 Å². The first-order valence-electron chi connectivity index (χ1n) is 9.03. The number of carbonyl (C=O) groups is 1. The molecule has 1 heterocycles. The number of fused-ring (bicyclic) bond motifs is 2. The first-order chi connectivity index (χ1) is 13.2. The fraction of sp³-hybridized carbons (Fsp3) is 0.444. The van der Waals surface area contributed by atoms with Crippen LogP contribution in [0.5, 0.6) is 0 Å². The molecule has 1 aromatic heterocycles. The van der Waals surface area contributed by atoms with Gasteiger partial charge in [-0.1, -0.05) is 6.07 Å². The Morgan fingerprint density at radius 2 is 2.07 bits per heavy atom. The van der Waals surface area contributed by atoms with Crippen LogP contribution in [-0.4, -0.2) is 32.0 Å². The van der Waals surface area contributed by atoms with Crippen molar-refractivity contribution < 1.29 is 19.2 Å². The number of nitrogens with zero attached hydrogens (tertiary/aromatic N) is 2. The van der Waals surface area contributed by atoms with Crippen LogP contribution in [0.3, 0.4) is 0 Å². The van der Waals surface area contributed by atoms with Crippen molar-refractivity contribution in [2.24, 2.45) is 9.50 Å². The van der Waals surface area contributed by atoms with E-state index in [0.29, 0.717) is 0 Å². The minimum absolute atomic E-state index is 0.0673. The van der Waals surface area contributed by atoms with Crippen LogP contribution in [0.2, 0.25) is 0 Å². The number of rotatable bonds is 4. The second kappa shape index (κ2) is 6.89. The highest BCUT2D eigenvalue weighted by Crippen LogP contribution is 2.39. The number of thiazole rings is 1. The van der Waals surface area contributed by atoms with Crippen LogP contribution in [0.15, 0.2) is 20.8 Å². The number of aliphatic hydroxyl groups is 2. The molecule has 1 aromatic carbocycles. The number of nitrogens with two attached hydrogens (primary N) is 1. The summed E-state index contributed by atoms with van der Waals surface area (Å²) in [6.07, 6.45) is 6.10. The smallest absolute Gasteiger partial charge is 0.354 e. The van der Waals surface area contributed by atoms with Gasteiger partial charge in [0, 0.05) is 5.69 Å². The molecule has 5 N–H and O–H groups in total. The molecule has 0 saturated heterocycles. The van der Waals surface area contributed by atoms with E-state index in [1.54, 1.807) is 0 Å². The third-order valence-electron chi connectivity index (χ3n) is 5.24. The van der Waals surface area contributed by atoms with Gasteiger partial charge < -0.3 is 15.5 Å². The normalized spacial score (nSPS) is 19.0. The van der Waals surface area contributed by atoms with Gasteiger partial charge in [0.1, 0.15) is 14.8 Å². The van der Waals surface area contributed by atoms with Crippen LogP contribution in [0, 0.1) is 0 Å². The second-order valence-corrected chi connectivity index (χ2v) is 10.4.